The van der Waals surface area contributed by atoms with Crippen LogP contribution in [0.4, 0.5) is 0 Å². The molecular formula is C19H29ClN2O5. The van der Waals surface area contributed by atoms with E-state index >= 15 is 0 Å². The van der Waals surface area contributed by atoms with Crippen molar-refractivity contribution in [2.75, 3.05) is 6.54 Å². The Kier molecular flexibility index (Phi) is 7.51. The molecule has 5 N–H and O–H groups in total. The lowest BCUT2D eigenvalue weighted by atomic mass is 9.86. The van der Waals surface area contributed by atoms with E-state index in [4.69, 9.17) is 10.5 Å². The number of phenols is 1. The molecule has 2 rings (SSSR count). The van der Waals surface area contributed by atoms with E-state index in [9.17, 15) is 19.8 Å². The topological polar surface area (TPSA) is 122 Å². The minimum absolute atomic E-state index is 0. The van der Waals surface area contributed by atoms with Crippen molar-refractivity contribution in [2.24, 2.45) is 5.73 Å². The second kappa shape index (κ2) is 8.80. The zero-order chi connectivity index (χ0) is 19.6. The highest BCUT2D eigenvalue weighted by molar-refractivity contribution is 5.89. The highest BCUT2D eigenvalue weighted by Crippen LogP contribution is 2.43. The van der Waals surface area contributed by atoms with Crippen LogP contribution in [0.5, 0.6) is 11.5 Å². The third kappa shape index (κ3) is 4.47. The Bertz CT molecular complexity index is 738. The molecule has 1 aliphatic heterocycles. The fourth-order valence-corrected chi connectivity index (χ4v) is 3.30. The summed E-state index contributed by atoms with van der Waals surface area (Å²) in [7, 11) is 0. The van der Waals surface area contributed by atoms with Gasteiger partial charge in [0.25, 0.3) is 5.91 Å². The number of carboxylic acid groups (broad SMARTS) is 1. The van der Waals surface area contributed by atoms with Crippen LogP contribution in [-0.2, 0) is 16.0 Å². The summed E-state index contributed by atoms with van der Waals surface area (Å²) in [5.74, 6) is -0.670. The number of fused-ring (bicyclic) bond motifs is 1. The molecule has 0 saturated carbocycles. The van der Waals surface area contributed by atoms with Gasteiger partial charge in [-0.15, -0.1) is 12.4 Å². The Morgan fingerprint density at radius 3 is 2.44 bits per heavy atom. The molecule has 7 nitrogen and oxygen atoms in total. The summed E-state index contributed by atoms with van der Waals surface area (Å²) >= 11 is 0. The maximum absolute atomic E-state index is 12.8. The first-order valence-corrected chi connectivity index (χ1v) is 8.86. The van der Waals surface area contributed by atoms with Crippen molar-refractivity contribution in [3.05, 3.63) is 22.3 Å². The molecule has 1 aromatic carbocycles. The molecule has 0 fully saturated rings. The fourth-order valence-electron chi connectivity index (χ4n) is 3.30. The zero-order valence-corrected chi connectivity index (χ0v) is 17.0. The number of halogens is 1. The zero-order valence-electron chi connectivity index (χ0n) is 16.2. The van der Waals surface area contributed by atoms with E-state index in [-0.39, 0.29) is 24.6 Å². The molecule has 1 amide bonds. The van der Waals surface area contributed by atoms with Crippen LogP contribution >= 0.6 is 12.4 Å². The maximum Gasteiger partial charge on any atom is 0.326 e. The molecule has 0 spiro atoms. The Morgan fingerprint density at radius 2 is 1.89 bits per heavy atom. The average Bonchev–Trinajstić information content (AvgIpc) is 2.61. The average molecular weight is 401 g/mol. The highest BCUT2D eigenvalue weighted by atomic mass is 35.5. The molecule has 0 aromatic heterocycles. The van der Waals surface area contributed by atoms with E-state index in [0.717, 1.165) is 22.3 Å². The predicted octanol–water partition coefficient (Wildman–Crippen LogP) is 2.13. The van der Waals surface area contributed by atoms with E-state index in [2.05, 4.69) is 5.32 Å². The van der Waals surface area contributed by atoms with Crippen molar-refractivity contribution >= 4 is 24.3 Å². The third-order valence-electron chi connectivity index (χ3n) is 5.30. The van der Waals surface area contributed by atoms with Crippen molar-refractivity contribution < 1.29 is 24.5 Å². The predicted molar refractivity (Wildman–Crippen MR) is 105 cm³/mol. The third-order valence-corrected chi connectivity index (χ3v) is 5.30. The number of hydrogen-bond acceptors (Lipinski definition) is 5. The summed E-state index contributed by atoms with van der Waals surface area (Å²) in [6.07, 6.45) is 1.75. The summed E-state index contributed by atoms with van der Waals surface area (Å²) in [6, 6.07) is -0.989. The monoisotopic (exact) mass is 400 g/mol. The lowest BCUT2D eigenvalue weighted by molar-refractivity contribution is -0.146. The number of carboxylic acids is 1. The van der Waals surface area contributed by atoms with Gasteiger partial charge >= 0.3 is 5.97 Å². The number of phenolic OH excluding ortho intramolecular Hbond substituents is 1. The Labute approximate surface area is 165 Å². The van der Waals surface area contributed by atoms with Crippen molar-refractivity contribution in [1.82, 2.24) is 5.32 Å². The molecule has 2 unspecified atom stereocenters. The van der Waals surface area contributed by atoms with Gasteiger partial charge in [0, 0.05) is 12.0 Å². The van der Waals surface area contributed by atoms with Crippen LogP contribution in [0.15, 0.2) is 0 Å². The summed E-state index contributed by atoms with van der Waals surface area (Å²) in [6.45, 7) is 7.52. The molecule has 0 bridgehead atoms. The van der Waals surface area contributed by atoms with E-state index in [1.54, 1.807) is 13.8 Å². The first-order chi connectivity index (χ1) is 12.1. The van der Waals surface area contributed by atoms with Gasteiger partial charge in [-0.25, -0.2) is 4.79 Å². The molecule has 27 heavy (non-hydrogen) atoms. The lowest BCUT2D eigenvalue weighted by Gasteiger charge is -2.37. The number of nitrogens with two attached hydrogens (primary N) is 1. The number of aliphatic carboxylic acids is 1. The van der Waals surface area contributed by atoms with Crippen molar-refractivity contribution in [1.29, 1.82) is 0 Å². The fraction of sp³-hybridized carbons (Fsp3) is 0.579. The van der Waals surface area contributed by atoms with Gasteiger partial charge in [-0.2, -0.15) is 0 Å². The summed E-state index contributed by atoms with van der Waals surface area (Å²) in [4.78, 5) is 24.2. The number of amides is 1. The largest absolute Gasteiger partial charge is 0.507 e. The van der Waals surface area contributed by atoms with E-state index in [1.807, 2.05) is 13.8 Å². The second-order valence-electron chi connectivity index (χ2n) is 7.16. The molecule has 0 radical (unpaired) electrons. The number of nitrogens with one attached hydrogen (secondary N) is 1. The van der Waals surface area contributed by atoms with Crippen molar-refractivity contribution in [3.8, 4) is 11.5 Å². The number of benzene rings is 1. The maximum atomic E-state index is 12.8. The van der Waals surface area contributed by atoms with Crippen LogP contribution in [0.2, 0.25) is 0 Å². The number of rotatable bonds is 6. The molecule has 1 aromatic rings. The van der Waals surface area contributed by atoms with Crippen molar-refractivity contribution in [2.45, 2.75) is 65.0 Å². The quantitative estimate of drug-likeness (QED) is 0.580. The van der Waals surface area contributed by atoms with E-state index in [1.165, 1.54) is 0 Å². The Hall–Kier alpha value is -1.99. The summed E-state index contributed by atoms with van der Waals surface area (Å²) < 4.78 is 6.07. The van der Waals surface area contributed by atoms with Gasteiger partial charge in [0.1, 0.15) is 17.5 Å². The van der Waals surface area contributed by atoms with Crippen LogP contribution in [0.3, 0.4) is 0 Å². The van der Waals surface area contributed by atoms with Crippen LogP contribution in [-0.4, -0.2) is 40.3 Å². The first-order valence-electron chi connectivity index (χ1n) is 8.86. The molecule has 1 aliphatic rings. The molecule has 2 atom stereocenters. The molecule has 1 heterocycles. The molecule has 8 heteroatoms. The van der Waals surface area contributed by atoms with Crippen LogP contribution in [0.1, 0.15) is 48.4 Å². The first kappa shape index (κ1) is 23.0. The lowest BCUT2D eigenvalue weighted by Crippen LogP contribution is -2.55. The van der Waals surface area contributed by atoms with E-state index in [0.29, 0.717) is 31.6 Å². The number of carbonyl (C=O) groups excluding carboxylic acids is 1. The minimum atomic E-state index is -1.16. The van der Waals surface area contributed by atoms with Crippen LogP contribution in [0.25, 0.3) is 0 Å². The Morgan fingerprint density at radius 1 is 1.26 bits per heavy atom. The normalized spacial score (nSPS) is 19.3. The van der Waals surface area contributed by atoms with Crippen LogP contribution < -0.4 is 15.8 Å². The standard InChI is InChI=1S/C19H28N2O5.ClH/c1-10-11(2)16-13(12(3)15(10)22)7-8-19(4,26-16)18(25)21-14(17(23)24)6-5-9-20;/h14,22H,5-9,20H2,1-4H3,(H,21,25)(H,23,24);1H. The summed E-state index contributed by atoms with van der Waals surface area (Å²) in [5, 5.41) is 22.1. The van der Waals surface area contributed by atoms with Crippen molar-refractivity contribution in [3.63, 3.8) is 0 Å². The number of hydrogen-bond donors (Lipinski definition) is 4. The van der Waals surface area contributed by atoms with E-state index < -0.39 is 23.5 Å². The van der Waals surface area contributed by atoms with Gasteiger partial charge in [-0.05, 0) is 70.2 Å². The number of carbonyl (C=O) groups is 2. The SMILES string of the molecule is Cc1c(C)c2c(c(C)c1O)CCC(C)(C(=O)NC(CCCN)C(=O)O)O2.Cl. The second-order valence-corrected chi connectivity index (χ2v) is 7.16. The molecule has 0 saturated heterocycles. The molecular weight excluding hydrogens is 372 g/mol. The number of ether oxygens (including phenoxy) is 1. The van der Waals surface area contributed by atoms with Gasteiger partial charge < -0.3 is 26.0 Å². The van der Waals surface area contributed by atoms with Gasteiger partial charge in [0.05, 0.1) is 0 Å². The van der Waals surface area contributed by atoms with Gasteiger partial charge in [0.2, 0.25) is 0 Å². The van der Waals surface area contributed by atoms with Gasteiger partial charge in [0.15, 0.2) is 5.60 Å². The number of aromatic hydroxyl groups is 1. The highest BCUT2D eigenvalue weighted by Gasteiger charge is 2.42. The molecule has 0 aliphatic carbocycles. The van der Waals surface area contributed by atoms with Gasteiger partial charge in [-0.1, -0.05) is 0 Å². The Balaban J connectivity index is 0.00000364. The minimum Gasteiger partial charge on any atom is -0.507 e. The molecule has 152 valence electrons. The smallest absolute Gasteiger partial charge is 0.326 e. The van der Waals surface area contributed by atoms with Crippen LogP contribution in [0, 0.1) is 20.8 Å². The van der Waals surface area contributed by atoms with Gasteiger partial charge in [-0.3, -0.25) is 4.79 Å². The summed E-state index contributed by atoms with van der Waals surface area (Å²) in [5.41, 5.74) is 7.44.